The number of aromatic hydroxyl groups is 1. The molecule has 0 fully saturated rings. The molecule has 3 nitrogen and oxygen atoms in total. The normalized spacial score (nSPS) is 10.6. The van der Waals surface area contributed by atoms with Gasteiger partial charge in [-0.3, -0.25) is 4.79 Å². The van der Waals surface area contributed by atoms with Crippen molar-refractivity contribution in [2.75, 3.05) is 0 Å². The average molecular weight is 261 g/mol. The highest BCUT2D eigenvalue weighted by molar-refractivity contribution is 7.99. The van der Waals surface area contributed by atoms with Crippen molar-refractivity contribution < 1.29 is 5.11 Å². The summed E-state index contributed by atoms with van der Waals surface area (Å²) in [6.45, 7) is 3.77. The molecular weight excluding hydrogens is 246 g/mol. The summed E-state index contributed by atoms with van der Waals surface area (Å²) in [6, 6.07) is 9.58. The number of aryl methyl sites for hydroxylation is 1. The number of pyridine rings is 1. The second kappa shape index (κ2) is 4.90. The van der Waals surface area contributed by atoms with Crippen LogP contribution in [0.25, 0.3) is 0 Å². The largest absolute Gasteiger partial charge is 0.503 e. The van der Waals surface area contributed by atoms with Gasteiger partial charge >= 0.3 is 0 Å². The van der Waals surface area contributed by atoms with Crippen LogP contribution in [0.1, 0.15) is 11.3 Å². The zero-order valence-electron chi connectivity index (χ0n) is 10.6. The fraction of sp³-hybridized carbons (Fsp3) is 0.214. The fourth-order valence-electron chi connectivity index (χ4n) is 1.60. The van der Waals surface area contributed by atoms with Crippen LogP contribution < -0.4 is 5.43 Å². The van der Waals surface area contributed by atoms with E-state index in [0.717, 1.165) is 9.92 Å². The summed E-state index contributed by atoms with van der Waals surface area (Å²) in [6.07, 6.45) is 0. The Hall–Kier alpha value is -1.68. The van der Waals surface area contributed by atoms with Gasteiger partial charge in [0.05, 0.1) is 10.7 Å². The van der Waals surface area contributed by atoms with Crippen LogP contribution >= 0.6 is 11.8 Å². The van der Waals surface area contributed by atoms with Gasteiger partial charge in [0.25, 0.3) is 0 Å². The standard InChI is InChI=1S/C14H15NO2S/c1-9-4-6-11(7-5-9)18-13-8-12(16)14(17)10(2)15(13)3/h4-8,17H,1-3H3. The van der Waals surface area contributed by atoms with Gasteiger partial charge in [-0.1, -0.05) is 29.5 Å². The van der Waals surface area contributed by atoms with E-state index in [-0.39, 0.29) is 11.2 Å². The minimum Gasteiger partial charge on any atom is -0.503 e. The second-order valence-corrected chi connectivity index (χ2v) is 5.35. The van der Waals surface area contributed by atoms with E-state index in [1.165, 1.54) is 23.4 Å². The topological polar surface area (TPSA) is 42.2 Å². The van der Waals surface area contributed by atoms with Gasteiger partial charge in [0.2, 0.25) is 5.43 Å². The predicted octanol–water partition coefficient (Wildman–Crippen LogP) is 2.86. The molecular formula is C14H15NO2S. The Morgan fingerprint density at radius 1 is 1.17 bits per heavy atom. The average Bonchev–Trinajstić information content (AvgIpc) is 2.36. The molecule has 0 saturated carbocycles. The lowest BCUT2D eigenvalue weighted by atomic mass is 10.2. The molecule has 0 spiro atoms. The first kappa shape index (κ1) is 12.8. The molecule has 2 rings (SSSR count). The van der Waals surface area contributed by atoms with Gasteiger partial charge in [0.1, 0.15) is 0 Å². The molecule has 0 amide bonds. The smallest absolute Gasteiger partial charge is 0.224 e. The maximum atomic E-state index is 11.6. The van der Waals surface area contributed by atoms with Gasteiger partial charge < -0.3 is 9.67 Å². The zero-order chi connectivity index (χ0) is 13.3. The molecule has 4 heteroatoms. The Labute approximate surface area is 110 Å². The third-order valence-electron chi connectivity index (χ3n) is 2.91. The molecule has 0 aliphatic rings. The minimum atomic E-state index is -0.333. The number of nitrogens with zero attached hydrogens (tertiary/aromatic N) is 1. The quantitative estimate of drug-likeness (QED) is 0.904. The summed E-state index contributed by atoms with van der Waals surface area (Å²) in [7, 11) is 1.84. The van der Waals surface area contributed by atoms with E-state index < -0.39 is 0 Å². The lowest BCUT2D eigenvalue weighted by Gasteiger charge is -2.12. The van der Waals surface area contributed by atoms with Gasteiger partial charge in [0, 0.05) is 18.0 Å². The Bertz CT molecular complexity index is 629. The lowest BCUT2D eigenvalue weighted by Crippen LogP contribution is -2.10. The second-order valence-electron chi connectivity index (χ2n) is 4.25. The van der Waals surface area contributed by atoms with Crippen molar-refractivity contribution in [2.45, 2.75) is 23.8 Å². The third-order valence-corrected chi connectivity index (χ3v) is 4.02. The summed E-state index contributed by atoms with van der Waals surface area (Å²) in [5, 5.41) is 10.4. The highest BCUT2D eigenvalue weighted by Crippen LogP contribution is 2.28. The van der Waals surface area contributed by atoms with Crippen molar-refractivity contribution in [3.05, 3.63) is 51.8 Å². The van der Waals surface area contributed by atoms with Crippen molar-refractivity contribution in [3.8, 4) is 5.75 Å². The van der Waals surface area contributed by atoms with Crippen LogP contribution in [-0.4, -0.2) is 9.67 Å². The number of hydrogen-bond acceptors (Lipinski definition) is 3. The van der Waals surface area contributed by atoms with Crippen molar-refractivity contribution in [3.63, 3.8) is 0 Å². The molecule has 1 N–H and O–H groups in total. The van der Waals surface area contributed by atoms with E-state index in [1.54, 1.807) is 6.92 Å². The molecule has 0 radical (unpaired) electrons. The molecule has 1 aromatic heterocycles. The number of benzene rings is 1. The molecule has 1 heterocycles. The van der Waals surface area contributed by atoms with Crippen molar-refractivity contribution in [1.82, 2.24) is 4.57 Å². The van der Waals surface area contributed by atoms with Crippen LogP contribution in [0.5, 0.6) is 5.75 Å². The molecule has 1 aromatic carbocycles. The summed E-state index contributed by atoms with van der Waals surface area (Å²) in [4.78, 5) is 12.7. The molecule has 0 aliphatic carbocycles. The van der Waals surface area contributed by atoms with Crippen LogP contribution in [-0.2, 0) is 7.05 Å². The molecule has 0 bridgehead atoms. The summed E-state index contributed by atoms with van der Waals surface area (Å²) in [5.41, 5.74) is 1.45. The number of rotatable bonds is 2. The van der Waals surface area contributed by atoms with Crippen LogP contribution in [0.15, 0.2) is 45.0 Å². The molecule has 0 atom stereocenters. The zero-order valence-corrected chi connectivity index (χ0v) is 11.4. The van der Waals surface area contributed by atoms with E-state index in [0.29, 0.717) is 5.69 Å². The number of aromatic nitrogens is 1. The maximum absolute atomic E-state index is 11.6. The Morgan fingerprint density at radius 3 is 2.39 bits per heavy atom. The van der Waals surface area contributed by atoms with Gasteiger partial charge in [0.15, 0.2) is 5.75 Å². The van der Waals surface area contributed by atoms with E-state index in [2.05, 4.69) is 0 Å². The summed E-state index contributed by atoms with van der Waals surface area (Å²) < 4.78 is 1.82. The highest BCUT2D eigenvalue weighted by atomic mass is 32.2. The van der Waals surface area contributed by atoms with E-state index in [4.69, 9.17) is 0 Å². The van der Waals surface area contributed by atoms with Gasteiger partial charge in [-0.15, -0.1) is 0 Å². The SMILES string of the molecule is Cc1ccc(Sc2cc(=O)c(O)c(C)n2C)cc1. The molecule has 0 aliphatic heterocycles. The fourth-order valence-corrected chi connectivity index (χ4v) is 2.56. The number of hydrogen-bond donors (Lipinski definition) is 1. The van der Waals surface area contributed by atoms with Crippen molar-refractivity contribution in [1.29, 1.82) is 0 Å². The van der Waals surface area contributed by atoms with Crippen LogP contribution in [0.3, 0.4) is 0 Å². The van der Waals surface area contributed by atoms with Gasteiger partial charge in [-0.05, 0) is 26.0 Å². The molecule has 18 heavy (non-hydrogen) atoms. The van der Waals surface area contributed by atoms with Crippen molar-refractivity contribution in [2.24, 2.45) is 7.05 Å². The summed E-state index contributed by atoms with van der Waals surface area (Å²) in [5.74, 6) is -0.175. The first-order chi connectivity index (χ1) is 8.49. The Balaban J connectivity index is 2.41. The maximum Gasteiger partial charge on any atom is 0.224 e. The first-order valence-corrected chi connectivity index (χ1v) is 6.45. The molecule has 0 unspecified atom stereocenters. The molecule has 0 saturated heterocycles. The Kier molecular flexibility index (Phi) is 3.48. The predicted molar refractivity (Wildman–Crippen MR) is 73.4 cm³/mol. The lowest BCUT2D eigenvalue weighted by molar-refractivity contribution is 0.453. The third kappa shape index (κ3) is 2.43. The molecule has 2 aromatic rings. The minimum absolute atomic E-state index is 0.175. The molecule has 94 valence electrons. The summed E-state index contributed by atoms with van der Waals surface area (Å²) >= 11 is 1.51. The van der Waals surface area contributed by atoms with E-state index in [9.17, 15) is 9.90 Å². The highest BCUT2D eigenvalue weighted by Gasteiger charge is 2.09. The van der Waals surface area contributed by atoms with Crippen LogP contribution in [0.2, 0.25) is 0 Å². The van der Waals surface area contributed by atoms with Crippen molar-refractivity contribution >= 4 is 11.8 Å². The van der Waals surface area contributed by atoms with Crippen LogP contribution in [0, 0.1) is 13.8 Å². The van der Waals surface area contributed by atoms with E-state index in [1.807, 2.05) is 42.8 Å². The monoisotopic (exact) mass is 261 g/mol. The Morgan fingerprint density at radius 2 is 1.78 bits per heavy atom. The van der Waals surface area contributed by atoms with E-state index >= 15 is 0 Å². The van der Waals surface area contributed by atoms with Gasteiger partial charge in [-0.25, -0.2) is 0 Å². The van der Waals surface area contributed by atoms with Gasteiger partial charge in [-0.2, -0.15) is 0 Å². The van der Waals surface area contributed by atoms with Crippen LogP contribution in [0.4, 0.5) is 0 Å². The first-order valence-electron chi connectivity index (χ1n) is 5.63.